The highest BCUT2D eigenvalue weighted by Gasteiger charge is 2.09. The molecule has 0 fully saturated rings. The van der Waals surface area contributed by atoms with Crippen molar-refractivity contribution in [2.45, 2.75) is 20.8 Å². The van der Waals surface area contributed by atoms with Crippen LogP contribution in [0.3, 0.4) is 0 Å². The van der Waals surface area contributed by atoms with Crippen molar-refractivity contribution in [3.63, 3.8) is 0 Å². The van der Waals surface area contributed by atoms with Gasteiger partial charge in [0, 0.05) is 4.88 Å². The number of carbonyl (C=O) groups is 1. The Morgan fingerprint density at radius 1 is 1.28 bits per heavy atom. The highest BCUT2D eigenvalue weighted by molar-refractivity contribution is 7.14. The Labute approximate surface area is 109 Å². The molecule has 0 radical (unpaired) electrons. The molecule has 0 unspecified atom stereocenters. The second-order valence-corrected chi connectivity index (χ2v) is 5.25. The molecule has 2 heterocycles. The van der Waals surface area contributed by atoms with E-state index < -0.39 is 0 Å². The van der Waals surface area contributed by atoms with E-state index in [-0.39, 0.29) is 11.7 Å². The number of amides is 1. The second-order valence-electron chi connectivity index (χ2n) is 3.96. The van der Waals surface area contributed by atoms with Gasteiger partial charge in [-0.1, -0.05) is 0 Å². The van der Waals surface area contributed by atoms with E-state index in [2.05, 4.69) is 10.5 Å². The molecule has 0 aromatic carbocycles. The fourth-order valence-corrected chi connectivity index (χ4v) is 2.24. The lowest BCUT2D eigenvalue weighted by molar-refractivity contribution is 0.0926. The third kappa shape index (κ3) is 2.87. The standard InChI is InChI=1S/C13H14N2O2S/c1-8-4-6-11(17-8)13(16)15-14-10(3)12-7-5-9(2)18-12/h4-7H,1-3H3,(H,15,16)/b14-10+. The van der Waals surface area contributed by atoms with E-state index in [1.54, 1.807) is 30.4 Å². The third-order valence-corrected chi connectivity index (χ3v) is 3.50. The zero-order valence-electron chi connectivity index (χ0n) is 10.5. The molecule has 18 heavy (non-hydrogen) atoms. The van der Waals surface area contributed by atoms with E-state index in [0.717, 1.165) is 10.6 Å². The maximum Gasteiger partial charge on any atom is 0.307 e. The fourth-order valence-electron chi connectivity index (χ4n) is 1.43. The minimum absolute atomic E-state index is 0.270. The fraction of sp³-hybridized carbons (Fsp3) is 0.231. The van der Waals surface area contributed by atoms with Gasteiger partial charge >= 0.3 is 5.91 Å². The van der Waals surface area contributed by atoms with Gasteiger partial charge in [0.15, 0.2) is 5.76 Å². The number of furan rings is 1. The third-order valence-electron chi connectivity index (χ3n) is 2.39. The van der Waals surface area contributed by atoms with Crippen molar-refractivity contribution in [2.24, 2.45) is 5.10 Å². The van der Waals surface area contributed by atoms with Crippen LogP contribution in [-0.2, 0) is 0 Å². The van der Waals surface area contributed by atoms with Gasteiger partial charge in [-0.05, 0) is 45.0 Å². The van der Waals surface area contributed by atoms with Crippen LogP contribution < -0.4 is 5.43 Å². The molecule has 1 N–H and O–H groups in total. The van der Waals surface area contributed by atoms with Crippen LogP contribution in [0.4, 0.5) is 0 Å². The monoisotopic (exact) mass is 262 g/mol. The first-order valence-corrected chi connectivity index (χ1v) is 6.36. The Morgan fingerprint density at radius 3 is 2.61 bits per heavy atom. The van der Waals surface area contributed by atoms with Crippen molar-refractivity contribution in [1.82, 2.24) is 5.43 Å². The Hall–Kier alpha value is -1.88. The van der Waals surface area contributed by atoms with Crippen LogP contribution in [0.15, 0.2) is 33.8 Å². The normalized spacial score (nSPS) is 11.6. The van der Waals surface area contributed by atoms with Gasteiger partial charge in [0.2, 0.25) is 0 Å². The summed E-state index contributed by atoms with van der Waals surface area (Å²) in [5.41, 5.74) is 3.26. The van der Waals surface area contributed by atoms with Crippen molar-refractivity contribution in [1.29, 1.82) is 0 Å². The summed E-state index contributed by atoms with van der Waals surface area (Å²) >= 11 is 1.64. The number of rotatable bonds is 3. The lowest BCUT2D eigenvalue weighted by Crippen LogP contribution is -2.18. The summed E-state index contributed by atoms with van der Waals surface area (Å²) in [6, 6.07) is 7.39. The Balaban J connectivity index is 2.04. The topological polar surface area (TPSA) is 54.6 Å². The van der Waals surface area contributed by atoms with Gasteiger partial charge < -0.3 is 4.42 Å². The first kappa shape index (κ1) is 12.6. The van der Waals surface area contributed by atoms with Crippen molar-refractivity contribution in [3.8, 4) is 0 Å². The van der Waals surface area contributed by atoms with Crippen LogP contribution in [0.5, 0.6) is 0 Å². The van der Waals surface area contributed by atoms with E-state index in [1.807, 2.05) is 26.0 Å². The Kier molecular flexibility index (Phi) is 3.62. The van der Waals surface area contributed by atoms with Crippen LogP contribution in [0.1, 0.15) is 33.0 Å². The van der Waals surface area contributed by atoms with Gasteiger partial charge in [0.1, 0.15) is 5.76 Å². The molecular weight excluding hydrogens is 248 g/mol. The smallest absolute Gasteiger partial charge is 0.307 e. The molecule has 0 spiro atoms. The lowest BCUT2D eigenvalue weighted by Gasteiger charge is -1.98. The minimum atomic E-state index is -0.337. The average molecular weight is 262 g/mol. The molecule has 2 aromatic heterocycles. The van der Waals surface area contributed by atoms with Crippen molar-refractivity contribution < 1.29 is 9.21 Å². The maximum atomic E-state index is 11.7. The second kappa shape index (κ2) is 5.18. The summed E-state index contributed by atoms with van der Waals surface area (Å²) in [6.45, 7) is 5.68. The summed E-state index contributed by atoms with van der Waals surface area (Å²) in [7, 11) is 0. The van der Waals surface area contributed by atoms with Gasteiger partial charge in [0.05, 0.1) is 10.6 Å². The van der Waals surface area contributed by atoms with Crippen LogP contribution in [0.25, 0.3) is 0 Å². The quantitative estimate of drug-likeness (QED) is 0.682. The zero-order chi connectivity index (χ0) is 13.1. The summed E-state index contributed by atoms with van der Waals surface area (Å²) in [5, 5.41) is 4.06. The van der Waals surface area contributed by atoms with Crippen LogP contribution in [0.2, 0.25) is 0 Å². The Bertz CT molecular complexity index is 596. The SMILES string of the molecule is C/C(=N\NC(=O)c1ccc(C)o1)c1ccc(C)s1. The minimum Gasteiger partial charge on any atom is -0.456 e. The van der Waals surface area contributed by atoms with Gasteiger partial charge in [0.25, 0.3) is 0 Å². The van der Waals surface area contributed by atoms with E-state index in [9.17, 15) is 4.79 Å². The number of thiophene rings is 1. The van der Waals surface area contributed by atoms with Gasteiger partial charge in [-0.2, -0.15) is 5.10 Å². The molecule has 0 atom stereocenters. The van der Waals surface area contributed by atoms with E-state index >= 15 is 0 Å². The lowest BCUT2D eigenvalue weighted by atomic mass is 10.3. The van der Waals surface area contributed by atoms with Crippen LogP contribution in [0, 0.1) is 13.8 Å². The van der Waals surface area contributed by atoms with Crippen LogP contribution in [-0.4, -0.2) is 11.6 Å². The number of carbonyl (C=O) groups excluding carboxylic acids is 1. The van der Waals surface area contributed by atoms with Crippen molar-refractivity contribution in [3.05, 3.63) is 45.5 Å². The van der Waals surface area contributed by atoms with Gasteiger partial charge in [-0.25, -0.2) is 5.43 Å². The summed E-state index contributed by atoms with van der Waals surface area (Å²) in [5.74, 6) is 0.636. The molecule has 4 nitrogen and oxygen atoms in total. The molecule has 2 aromatic rings. The largest absolute Gasteiger partial charge is 0.456 e. The van der Waals surface area contributed by atoms with Crippen molar-refractivity contribution >= 4 is 23.0 Å². The van der Waals surface area contributed by atoms with Crippen molar-refractivity contribution in [2.75, 3.05) is 0 Å². The summed E-state index contributed by atoms with van der Waals surface area (Å²) in [6.07, 6.45) is 0. The maximum absolute atomic E-state index is 11.7. The molecule has 94 valence electrons. The molecule has 0 aliphatic heterocycles. The predicted molar refractivity (Wildman–Crippen MR) is 72.2 cm³/mol. The number of nitrogens with zero attached hydrogens (tertiary/aromatic N) is 1. The first-order chi connectivity index (χ1) is 8.56. The number of hydrazone groups is 1. The van der Waals surface area contributed by atoms with E-state index in [0.29, 0.717) is 5.76 Å². The van der Waals surface area contributed by atoms with Gasteiger partial charge in [-0.3, -0.25) is 4.79 Å². The molecule has 0 bridgehead atoms. The molecule has 0 aliphatic rings. The molecule has 5 heteroatoms. The Morgan fingerprint density at radius 2 is 2.06 bits per heavy atom. The molecule has 0 saturated carbocycles. The van der Waals surface area contributed by atoms with E-state index in [4.69, 9.17) is 4.42 Å². The average Bonchev–Trinajstić information content (AvgIpc) is 2.94. The van der Waals surface area contributed by atoms with E-state index in [1.165, 1.54) is 4.88 Å². The highest BCUT2D eigenvalue weighted by atomic mass is 32.1. The first-order valence-electron chi connectivity index (χ1n) is 5.54. The molecular formula is C13H14N2O2S. The molecule has 1 amide bonds. The van der Waals surface area contributed by atoms with Crippen LogP contribution >= 0.6 is 11.3 Å². The van der Waals surface area contributed by atoms with Gasteiger partial charge in [-0.15, -0.1) is 11.3 Å². The summed E-state index contributed by atoms with van der Waals surface area (Å²) < 4.78 is 5.21. The number of hydrogen-bond donors (Lipinski definition) is 1. The number of aryl methyl sites for hydroxylation is 2. The number of hydrogen-bond acceptors (Lipinski definition) is 4. The zero-order valence-corrected chi connectivity index (χ0v) is 11.3. The molecule has 2 rings (SSSR count). The molecule has 0 aliphatic carbocycles. The molecule has 0 saturated heterocycles. The predicted octanol–water partition coefficient (Wildman–Crippen LogP) is 3.11. The summed E-state index contributed by atoms with van der Waals surface area (Å²) in [4.78, 5) is 14.0. The highest BCUT2D eigenvalue weighted by Crippen LogP contribution is 2.15. The number of nitrogens with one attached hydrogen (secondary N) is 1.